The van der Waals surface area contributed by atoms with Gasteiger partial charge in [-0.2, -0.15) is 0 Å². The normalized spacial score (nSPS) is 19.6. The fraction of sp³-hybridized carbons (Fsp3) is 0.438. The minimum Gasteiger partial charge on any atom is -0.368 e. The fourth-order valence-corrected chi connectivity index (χ4v) is 2.55. The fourth-order valence-electron chi connectivity index (χ4n) is 2.55. The lowest BCUT2D eigenvalue weighted by Crippen LogP contribution is -2.38. The lowest BCUT2D eigenvalue weighted by molar-refractivity contribution is -0.0373. The highest BCUT2D eigenvalue weighted by molar-refractivity contribution is 5.21. The summed E-state index contributed by atoms with van der Waals surface area (Å²) in [7, 11) is 0. The first-order chi connectivity index (χ1) is 10.2. The van der Waals surface area contributed by atoms with E-state index in [0.29, 0.717) is 6.61 Å². The van der Waals surface area contributed by atoms with Gasteiger partial charge in [-0.3, -0.25) is 9.88 Å². The van der Waals surface area contributed by atoms with Crippen molar-refractivity contribution >= 4 is 0 Å². The molecule has 0 aromatic carbocycles. The predicted octanol–water partition coefficient (Wildman–Crippen LogP) is 2.06. The number of aryl methyl sites for hydroxylation is 2. The van der Waals surface area contributed by atoms with Crippen LogP contribution in [0.4, 0.5) is 0 Å². The predicted molar refractivity (Wildman–Crippen MR) is 79.7 cm³/mol. The van der Waals surface area contributed by atoms with Crippen LogP contribution in [0.15, 0.2) is 30.7 Å². The summed E-state index contributed by atoms with van der Waals surface area (Å²) in [6, 6.07) is 3.99. The van der Waals surface area contributed by atoms with Crippen molar-refractivity contribution in [1.29, 1.82) is 0 Å². The molecule has 21 heavy (non-hydrogen) atoms. The zero-order valence-electron chi connectivity index (χ0n) is 12.5. The molecule has 0 saturated carbocycles. The van der Waals surface area contributed by atoms with E-state index in [2.05, 4.69) is 32.8 Å². The Bertz CT molecular complexity index is 617. The van der Waals surface area contributed by atoms with Crippen molar-refractivity contribution in [1.82, 2.24) is 19.9 Å². The molecule has 3 heterocycles. The van der Waals surface area contributed by atoms with Crippen molar-refractivity contribution in [2.45, 2.75) is 26.5 Å². The Hall–Kier alpha value is -1.85. The number of pyridine rings is 1. The Balaban J connectivity index is 1.70. The van der Waals surface area contributed by atoms with Gasteiger partial charge in [0.25, 0.3) is 0 Å². The number of hydrogen-bond donors (Lipinski definition) is 0. The molecule has 1 saturated heterocycles. The van der Waals surface area contributed by atoms with Crippen LogP contribution in [-0.2, 0) is 11.3 Å². The third-order valence-corrected chi connectivity index (χ3v) is 3.78. The van der Waals surface area contributed by atoms with Gasteiger partial charge in [0.15, 0.2) is 5.82 Å². The van der Waals surface area contributed by atoms with Gasteiger partial charge in [-0.25, -0.2) is 9.97 Å². The lowest BCUT2D eigenvalue weighted by atomic mass is 10.1. The van der Waals surface area contributed by atoms with Crippen LogP contribution in [0.2, 0.25) is 0 Å². The first-order valence-corrected chi connectivity index (χ1v) is 7.25. The quantitative estimate of drug-likeness (QED) is 0.863. The summed E-state index contributed by atoms with van der Waals surface area (Å²) in [6.45, 7) is 7.47. The van der Waals surface area contributed by atoms with Crippen LogP contribution in [0, 0.1) is 13.8 Å². The van der Waals surface area contributed by atoms with Gasteiger partial charge < -0.3 is 4.74 Å². The summed E-state index contributed by atoms with van der Waals surface area (Å²) in [5.74, 6) is 0.783. The Morgan fingerprint density at radius 2 is 2.19 bits per heavy atom. The summed E-state index contributed by atoms with van der Waals surface area (Å²) in [6.07, 6.45) is 5.52. The van der Waals surface area contributed by atoms with Crippen LogP contribution in [0.3, 0.4) is 0 Å². The Morgan fingerprint density at radius 1 is 1.29 bits per heavy atom. The Morgan fingerprint density at radius 3 is 3.00 bits per heavy atom. The van der Waals surface area contributed by atoms with Crippen molar-refractivity contribution in [3.05, 3.63) is 53.4 Å². The van der Waals surface area contributed by atoms with Gasteiger partial charge in [0.1, 0.15) is 6.10 Å². The maximum Gasteiger partial charge on any atom is 0.158 e. The number of morpholine rings is 1. The molecule has 5 heteroatoms. The van der Waals surface area contributed by atoms with Crippen LogP contribution in [-0.4, -0.2) is 39.5 Å². The number of rotatable bonds is 3. The molecule has 2 aromatic heterocycles. The molecule has 1 fully saturated rings. The first-order valence-electron chi connectivity index (χ1n) is 7.25. The number of nitrogens with zero attached hydrogens (tertiary/aromatic N) is 4. The smallest absolute Gasteiger partial charge is 0.158 e. The molecule has 0 N–H and O–H groups in total. The van der Waals surface area contributed by atoms with Crippen LogP contribution in [0.25, 0.3) is 0 Å². The van der Waals surface area contributed by atoms with E-state index in [-0.39, 0.29) is 6.10 Å². The van der Waals surface area contributed by atoms with E-state index in [1.165, 1.54) is 11.1 Å². The summed E-state index contributed by atoms with van der Waals surface area (Å²) >= 11 is 0. The minimum absolute atomic E-state index is 0.0409. The van der Waals surface area contributed by atoms with Gasteiger partial charge >= 0.3 is 0 Å². The monoisotopic (exact) mass is 284 g/mol. The zero-order valence-corrected chi connectivity index (χ0v) is 12.5. The van der Waals surface area contributed by atoms with Crippen molar-refractivity contribution in [2.75, 3.05) is 19.7 Å². The second kappa shape index (κ2) is 6.28. The second-order valence-electron chi connectivity index (χ2n) is 5.45. The van der Waals surface area contributed by atoms with E-state index >= 15 is 0 Å². The first kappa shape index (κ1) is 14.1. The molecule has 0 bridgehead atoms. The van der Waals surface area contributed by atoms with Gasteiger partial charge in [0.05, 0.1) is 6.61 Å². The average Bonchev–Trinajstić information content (AvgIpc) is 2.50. The molecule has 110 valence electrons. The van der Waals surface area contributed by atoms with Crippen LogP contribution < -0.4 is 0 Å². The maximum atomic E-state index is 5.84. The molecule has 3 rings (SSSR count). The van der Waals surface area contributed by atoms with E-state index in [1.807, 2.05) is 25.4 Å². The van der Waals surface area contributed by atoms with E-state index < -0.39 is 0 Å². The third kappa shape index (κ3) is 3.43. The molecule has 0 aliphatic carbocycles. The number of aromatic nitrogens is 3. The van der Waals surface area contributed by atoms with Crippen LogP contribution in [0.5, 0.6) is 0 Å². The molecule has 1 atom stereocenters. The molecule has 5 nitrogen and oxygen atoms in total. The molecular weight excluding hydrogens is 264 g/mol. The van der Waals surface area contributed by atoms with E-state index in [0.717, 1.165) is 31.2 Å². The average molecular weight is 284 g/mol. The summed E-state index contributed by atoms with van der Waals surface area (Å²) in [5, 5.41) is 0. The second-order valence-corrected chi connectivity index (χ2v) is 5.45. The SMILES string of the molecule is Cc1ccnc([C@H]2CN(Cc3ccncc3C)CCO2)n1. The molecule has 0 amide bonds. The lowest BCUT2D eigenvalue weighted by Gasteiger charge is -2.32. The molecule has 0 unspecified atom stereocenters. The molecule has 1 aliphatic rings. The van der Waals surface area contributed by atoms with Crippen LogP contribution in [0.1, 0.15) is 28.7 Å². The third-order valence-electron chi connectivity index (χ3n) is 3.78. The largest absolute Gasteiger partial charge is 0.368 e. The number of ether oxygens (including phenoxy) is 1. The van der Waals surface area contributed by atoms with Crippen molar-refractivity contribution < 1.29 is 4.74 Å². The van der Waals surface area contributed by atoms with E-state index in [1.54, 1.807) is 6.20 Å². The molecule has 2 aromatic rings. The van der Waals surface area contributed by atoms with Gasteiger partial charge in [-0.15, -0.1) is 0 Å². The molecular formula is C16H20N4O. The van der Waals surface area contributed by atoms with Crippen molar-refractivity contribution in [3.63, 3.8) is 0 Å². The minimum atomic E-state index is -0.0409. The highest BCUT2D eigenvalue weighted by Crippen LogP contribution is 2.21. The number of hydrogen-bond acceptors (Lipinski definition) is 5. The summed E-state index contributed by atoms with van der Waals surface area (Å²) in [4.78, 5) is 15.4. The van der Waals surface area contributed by atoms with Crippen molar-refractivity contribution in [3.8, 4) is 0 Å². The standard InChI is InChI=1S/C16H20N4O/c1-12-9-17-5-4-14(12)10-20-7-8-21-15(11-20)16-18-6-3-13(2)19-16/h3-6,9,15H,7-8,10-11H2,1-2H3/t15-/m1/s1. The topological polar surface area (TPSA) is 51.1 Å². The van der Waals surface area contributed by atoms with Gasteiger partial charge in [-0.1, -0.05) is 0 Å². The summed E-state index contributed by atoms with van der Waals surface area (Å²) < 4.78 is 5.84. The maximum absolute atomic E-state index is 5.84. The van der Waals surface area contributed by atoms with E-state index in [4.69, 9.17) is 4.74 Å². The Kier molecular flexibility index (Phi) is 4.22. The summed E-state index contributed by atoms with van der Waals surface area (Å²) in [5.41, 5.74) is 3.52. The highest BCUT2D eigenvalue weighted by Gasteiger charge is 2.24. The highest BCUT2D eigenvalue weighted by atomic mass is 16.5. The van der Waals surface area contributed by atoms with Crippen LogP contribution >= 0.6 is 0 Å². The zero-order chi connectivity index (χ0) is 14.7. The Labute approximate surface area is 125 Å². The van der Waals surface area contributed by atoms with Gasteiger partial charge in [0.2, 0.25) is 0 Å². The molecule has 1 aliphatic heterocycles. The van der Waals surface area contributed by atoms with Gasteiger partial charge in [0, 0.05) is 43.9 Å². The molecule has 0 radical (unpaired) electrons. The molecule has 0 spiro atoms. The van der Waals surface area contributed by atoms with E-state index in [9.17, 15) is 0 Å². The van der Waals surface area contributed by atoms with Crippen molar-refractivity contribution in [2.24, 2.45) is 0 Å². The van der Waals surface area contributed by atoms with Gasteiger partial charge in [-0.05, 0) is 37.1 Å².